The van der Waals surface area contributed by atoms with Gasteiger partial charge in [0.2, 0.25) is 5.91 Å². The predicted molar refractivity (Wildman–Crippen MR) is 70.7 cm³/mol. The van der Waals surface area contributed by atoms with Crippen molar-refractivity contribution in [2.24, 2.45) is 0 Å². The standard InChI is InChI=1S/C13H13FN2O2S/c14-9-3-1-8(2-4-9)5-12(17)16-10-6-19-7-11(10)18-13(16)15/h1-4,10-11,15H,5-7H2. The summed E-state index contributed by atoms with van der Waals surface area (Å²) in [5.74, 6) is 1.16. The molecule has 1 aromatic carbocycles. The van der Waals surface area contributed by atoms with Crippen LogP contribution < -0.4 is 0 Å². The lowest BCUT2D eigenvalue weighted by molar-refractivity contribution is -0.127. The number of hydrogen-bond donors (Lipinski definition) is 1. The minimum atomic E-state index is -0.319. The van der Waals surface area contributed by atoms with Crippen molar-refractivity contribution in [3.8, 4) is 0 Å². The van der Waals surface area contributed by atoms with Crippen LogP contribution in [0.5, 0.6) is 0 Å². The maximum Gasteiger partial charge on any atom is 0.292 e. The molecule has 2 heterocycles. The second-order valence-corrected chi connectivity index (χ2v) is 5.71. The molecule has 2 atom stereocenters. The van der Waals surface area contributed by atoms with Crippen molar-refractivity contribution in [2.45, 2.75) is 18.6 Å². The van der Waals surface area contributed by atoms with Gasteiger partial charge in [0.05, 0.1) is 12.5 Å². The summed E-state index contributed by atoms with van der Waals surface area (Å²) in [6.07, 6.45) is 0.120. The average molecular weight is 280 g/mol. The first-order chi connectivity index (χ1) is 9.15. The Kier molecular flexibility index (Phi) is 3.18. The van der Waals surface area contributed by atoms with Gasteiger partial charge in [-0.2, -0.15) is 11.8 Å². The number of carbonyl (C=O) groups is 1. The molecule has 1 amide bonds. The van der Waals surface area contributed by atoms with Crippen molar-refractivity contribution >= 4 is 23.7 Å². The monoisotopic (exact) mass is 280 g/mol. The van der Waals surface area contributed by atoms with Crippen LogP contribution in [0, 0.1) is 11.2 Å². The molecule has 100 valence electrons. The van der Waals surface area contributed by atoms with E-state index in [9.17, 15) is 9.18 Å². The number of amidine groups is 1. The predicted octanol–water partition coefficient (Wildman–Crippen LogP) is 1.65. The van der Waals surface area contributed by atoms with E-state index >= 15 is 0 Å². The zero-order valence-electron chi connectivity index (χ0n) is 10.1. The van der Waals surface area contributed by atoms with E-state index in [0.717, 1.165) is 17.1 Å². The first-order valence-corrected chi connectivity index (χ1v) is 7.20. The SMILES string of the molecule is N=C1OC2CSCC2N1C(=O)Cc1ccc(F)cc1. The van der Waals surface area contributed by atoms with Crippen LogP contribution in [0.1, 0.15) is 5.56 Å². The van der Waals surface area contributed by atoms with Crippen molar-refractivity contribution in [2.75, 3.05) is 11.5 Å². The maximum absolute atomic E-state index is 12.8. The Morgan fingerprint density at radius 3 is 2.89 bits per heavy atom. The number of hydrogen-bond acceptors (Lipinski definition) is 4. The summed E-state index contributed by atoms with van der Waals surface area (Å²) >= 11 is 1.73. The normalized spacial score (nSPS) is 25.3. The molecule has 2 fully saturated rings. The van der Waals surface area contributed by atoms with Gasteiger partial charge in [0, 0.05) is 11.5 Å². The quantitative estimate of drug-likeness (QED) is 0.896. The van der Waals surface area contributed by atoms with Gasteiger partial charge in [-0.25, -0.2) is 4.39 Å². The molecule has 2 unspecified atom stereocenters. The molecule has 3 rings (SSSR count). The summed E-state index contributed by atoms with van der Waals surface area (Å²) in [6.45, 7) is 0. The fraction of sp³-hybridized carbons (Fsp3) is 0.385. The lowest BCUT2D eigenvalue weighted by Gasteiger charge is -2.19. The van der Waals surface area contributed by atoms with Crippen LogP contribution in [0.15, 0.2) is 24.3 Å². The summed E-state index contributed by atoms with van der Waals surface area (Å²) in [7, 11) is 0. The van der Waals surface area contributed by atoms with Crippen LogP contribution in [0.3, 0.4) is 0 Å². The van der Waals surface area contributed by atoms with Gasteiger partial charge >= 0.3 is 0 Å². The molecule has 1 N–H and O–H groups in total. The highest BCUT2D eigenvalue weighted by molar-refractivity contribution is 7.99. The summed E-state index contributed by atoms with van der Waals surface area (Å²) in [5, 5.41) is 7.75. The van der Waals surface area contributed by atoms with Crippen LogP contribution in [0.4, 0.5) is 4.39 Å². The zero-order valence-corrected chi connectivity index (χ0v) is 11.0. The lowest BCUT2D eigenvalue weighted by Crippen LogP contribution is -2.42. The first kappa shape index (κ1) is 12.5. The lowest BCUT2D eigenvalue weighted by atomic mass is 10.1. The third-order valence-electron chi connectivity index (χ3n) is 3.35. The minimum absolute atomic E-state index is 0.0227. The van der Waals surface area contributed by atoms with Gasteiger partial charge in [0.15, 0.2) is 0 Å². The van der Waals surface area contributed by atoms with Gasteiger partial charge < -0.3 is 4.74 Å². The van der Waals surface area contributed by atoms with Gasteiger partial charge in [-0.3, -0.25) is 15.1 Å². The number of rotatable bonds is 2. The number of thioether (sulfide) groups is 1. The molecule has 2 aliphatic heterocycles. The maximum atomic E-state index is 12.8. The van der Waals surface area contributed by atoms with Gasteiger partial charge in [0.25, 0.3) is 6.02 Å². The molecule has 0 bridgehead atoms. The van der Waals surface area contributed by atoms with Crippen LogP contribution in [-0.2, 0) is 16.0 Å². The Labute approximate surface area is 114 Å². The molecule has 2 saturated heterocycles. The Morgan fingerprint density at radius 2 is 2.16 bits per heavy atom. The molecular formula is C13H13FN2O2S. The third kappa shape index (κ3) is 2.32. The van der Waals surface area contributed by atoms with Crippen molar-refractivity contribution in [1.29, 1.82) is 5.41 Å². The number of nitrogens with zero attached hydrogens (tertiary/aromatic N) is 1. The molecule has 0 aliphatic carbocycles. The number of benzene rings is 1. The van der Waals surface area contributed by atoms with Crippen LogP contribution >= 0.6 is 11.8 Å². The fourth-order valence-electron chi connectivity index (χ4n) is 2.39. The number of halogens is 1. The average Bonchev–Trinajstić information content (AvgIpc) is 2.91. The summed E-state index contributed by atoms with van der Waals surface area (Å²) < 4.78 is 18.2. The van der Waals surface area contributed by atoms with E-state index < -0.39 is 0 Å². The van der Waals surface area contributed by atoms with Gasteiger partial charge in [-0.05, 0) is 17.7 Å². The Hall–Kier alpha value is -1.56. The highest BCUT2D eigenvalue weighted by Gasteiger charge is 2.45. The zero-order chi connectivity index (χ0) is 13.4. The van der Waals surface area contributed by atoms with E-state index in [1.54, 1.807) is 23.9 Å². The van der Waals surface area contributed by atoms with E-state index in [4.69, 9.17) is 10.1 Å². The molecule has 0 spiro atoms. The van der Waals surface area contributed by atoms with E-state index in [1.165, 1.54) is 17.0 Å². The van der Waals surface area contributed by atoms with E-state index in [-0.39, 0.29) is 36.3 Å². The smallest absolute Gasteiger partial charge is 0.292 e. The number of nitrogens with one attached hydrogen (secondary N) is 1. The summed E-state index contributed by atoms with van der Waals surface area (Å²) in [4.78, 5) is 13.7. The first-order valence-electron chi connectivity index (χ1n) is 6.04. The second kappa shape index (κ2) is 4.85. The second-order valence-electron chi connectivity index (χ2n) is 4.63. The van der Waals surface area contributed by atoms with Crippen molar-refractivity contribution < 1.29 is 13.9 Å². The molecule has 2 aliphatic rings. The molecule has 1 aromatic rings. The Balaban J connectivity index is 1.73. The van der Waals surface area contributed by atoms with Crippen LogP contribution in [0.25, 0.3) is 0 Å². The molecule has 0 saturated carbocycles. The largest absolute Gasteiger partial charge is 0.459 e. The number of amides is 1. The number of carbonyl (C=O) groups excluding carboxylic acids is 1. The third-order valence-corrected chi connectivity index (χ3v) is 4.49. The topological polar surface area (TPSA) is 53.4 Å². The molecule has 4 nitrogen and oxygen atoms in total. The highest BCUT2D eigenvalue weighted by Crippen LogP contribution is 2.31. The van der Waals surface area contributed by atoms with Crippen LogP contribution in [-0.4, -0.2) is 40.5 Å². The van der Waals surface area contributed by atoms with Crippen molar-refractivity contribution in [1.82, 2.24) is 4.90 Å². The van der Waals surface area contributed by atoms with E-state index in [0.29, 0.717) is 0 Å². The number of ether oxygens (including phenoxy) is 1. The van der Waals surface area contributed by atoms with Crippen molar-refractivity contribution in [3.05, 3.63) is 35.6 Å². The molecule has 0 radical (unpaired) electrons. The summed E-state index contributed by atoms with van der Waals surface area (Å²) in [6, 6.07) is 5.78. The highest BCUT2D eigenvalue weighted by atomic mass is 32.2. The summed E-state index contributed by atoms with van der Waals surface area (Å²) in [5.41, 5.74) is 0.744. The number of fused-ring (bicyclic) bond motifs is 1. The van der Waals surface area contributed by atoms with Gasteiger partial charge in [0.1, 0.15) is 11.9 Å². The van der Waals surface area contributed by atoms with Gasteiger partial charge in [-0.1, -0.05) is 12.1 Å². The molecular weight excluding hydrogens is 267 g/mol. The Morgan fingerprint density at radius 1 is 1.42 bits per heavy atom. The van der Waals surface area contributed by atoms with Crippen LogP contribution in [0.2, 0.25) is 0 Å². The molecule has 6 heteroatoms. The molecule has 19 heavy (non-hydrogen) atoms. The van der Waals surface area contributed by atoms with Gasteiger partial charge in [-0.15, -0.1) is 0 Å². The molecule has 0 aromatic heterocycles. The minimum Gasteiger partial charge on any atom is -0.459 e. The van der Waals surface area contributed by atoms with E-state index in [2.05, 4.69) is 0 Å². The van der Waals surface area contributed by atoms with Crippen molar-refractivity contribution in [3.63, 3.8) is 0 Å². The fourth-order valence-corrected chi connectivity index (χ4v) is 3.65. The van der Waals surface area contributed by atoms with E-state index in [1.807, 2.05) is 0 Å². The Bertz CT molecular complexity index is 520.